The van der Waals surface area contributed by atoms with Crippen molar-refractivity contribution in [3.63, 3.8) is 0 Å². The van der Waals surface area contributed by atoms with Crippen molar-refractivity contribution in [1.29, 1.82) is 5.26 Å². The zero-order valence-corrected chi connectivity index (χ0v) is 17.0. The molecule has 0 N–H and O–H groups in total. The van der Waals surface area contributed by atoms with E-state index in [-0.39, 0.29) is 12.1 Å². The first-order valence-corrected chi connectivity index (χ1v) is 9.20. The average molecular weight is 386 g/mol. The fourth-order valence-corrected chi connectivity index (χ4v) is 3.15. The Morgan fingerprint density at radius 3 is 2.86 bits per heavy atom. The molecular formula is C19H26N6O3. The molecule has 1 fully saturated rings. The predicted molar refractivity (Wildman–Crippen MR) is 105 cm³/mol. The Morgan fingerprint density at radius 1 is 1.46 bits per heavy atom. The van der Waals surface area contributed by atoms with Gasteiger partial charge in [0, 0.05) is 33.7 Å². The molecule has 0 saturated carbocycles. The minimum atomic E-state index is -0.531. The fourth-order valence-electron chi connectivity index (χ4n) is 3.15. The lowest BCUT2D eigenvalue weighted by Gasteiger charge is -2.44. The molecule has 1 aromatic heterocycles. The maximum atomic E-state index is 12.4. The number of nitriles is 1. The number of nitrogens with zero attached hydrogens (tertiary/aromatic N) is 6. The fraction of sp³-hybridized carbons (Fsp3) is 0.579. The van der Waals surface area contributed by atoms with Gasteiger partial charge < -0.3 is 24.2 Å². The van der Waals surface area contributed by atoms with Crippen LogP contribution in [0.5, 0.6) is 5.75 Å². The smallest absolute Gasteiger partial charge is 0.410 e. The van der Waals surface area contributed by atoms with E-state index >= 15 is 0 Å². The van der Waals surface area contributed by atoms with Crippen molar-refractivity contribution in [2.45, 2.75) is 32.4 Å². The third-order valence-corrected chi connectivity index (χ3v) is 4.36. The number of ether oxygens (including phenoxy) is 2. The number of anilines is 1. The minimum Gasteiger partial charge on any atom is -0.486 e. The van der Waals surface area contributed by atoms with Gasteiger partial charge in [0.15, 0.2) is 11.6 Å². The Hall–Kier alpha value is -3.02. The van der Waals surface area contributed by atoms with Gasteiger partial charge in [-0.3, -0.25) is 0 Å². The van der Waals surface area contributed by atoms with Crippen molar-refractivity contribution in [1.82, 2.24) is 14.8 Å². The molecule has 1 saturated heterocycles. The minimum absolute atomic E-state index is 0.0380. The number of aromatic nitrogens is 1. The average Bonchev–Trinajstić information content (AvgIpc) is 2.63. The molecule has 2 aliphatic rings. The molecule has 0 unspecified atom stereocenters. The number of pyridine rings is 1. The van der Waals surface area contributed by atoms with Crippen molar-refractivity contribution >= 4 is 23.9 Å². The zero-order chi connectivity index (χ0) is 20.5. The van der Waals surface area contributed by atoms with Crippen molar-refractivity contribution in [2.24, 2.45) is 4.99 Å². The van der Waals surface area contributed by atoms with Gasteiger partial charge in [-0.2, -0.15) is 5.26 Å². The van der Waals surface area contributed by atoms with Crippen molar-refractivity contribution in [2.75, 3.05) is 45.2 Å². The van der Waals surface area contributed by atoms with Gasteiger partial charge in [-0.25, -0.2) is 14.8 Å². The van der Waals surface area contributed by atoms with Crippen LogP contribution < -0.4 is 9.64 Å². The van der Waals surface area contributed by atoms with E-state index in [0.717, 1.165) is 0 Å². The summed E-state index contributed by atoms with van der Waals surface area (Å²) in [4.78, 5) is 26.8. The second kappa shape index (κ2) is 7.54. The van der Waals surface area contributed by atoms with Crippen LogP contribution in [0.1, 0.15) is 26.3 Å². The van der Waals surface area contributed by atoms with Crippen LogP contribution in [0.3, 0.4) is 0 Å². The highest BCUT2D eigenvalue weighted by Gasteiger charge is 2.38. The van der Waals surface area contributed by atoms with Crippen LogP contribution in [0.2, 0.25) is 0 Å². The van der Waals surface area contributed by atoms with Crippen molar-refractivity contribution in [3.05, 3.63) is 11.8 Å². The summed E-state index contributed by atoms with van der Waals surface area (Å²) in [6.07, 6.45) is 2.88. The molecule has 1 atom stereocenters. The number of piperazine rings is 1. The molecule has 3 rings (SSSR count). The maximum absolute atomic E-state index is 12.4. The van der Waals surface area contributed by atoms with Crippen LogP contribution in [0, 0.1) is 11.3 Å². The highest BCUT2D eigenvalue weighted by atomic mass is 16.6. The molecule has 2 aliphatic heterocycles. The third-order valence-electron chi connectivity index (χ3n) is 4.36. The van der Waals surface area contributed by atoms with Gasteiger partial charge in [-0.1, -0.05) is 0 Å². The zero-order valence-electron chi connectivity index (χ0n) is 17.0. The molecule has 0 radical (unpaired) electrons. The molecule has 0 spiro atoms. The van der Waals surface area contributed by atoms with E-state index in [2.05, 4.69) is 20.9 Å². The molecule has 1 aromatic rings. The van der Waals surface area contributed by atoms with Crippen LogP contribution >= 0.6 is 0 Å². The maximum Gasteiger partial charge on any atom is 0.410 e. The van der Waals surface area contributed by atoms with Gasteiger partial charge in [-0.05, 0) is 20.8 Å². The monoisotopic (exact) mass is 386 g/mol. The van der Waals surface area contributed by atoms with Crippen LogP contribution in [0.4, 0.5) is 16.3 Å². The second-order valence-corrected chi connectivity index (χ2v) is 8.08. The first kappa shape index (κ1) is 19.7. The number of carbonyl (C=O) groups is 1. The molecule has 1 amide bonds. The van der Waals surface area contributed by atoms with Crippen LogP contribution in [0.15, 0.2) is 11.2 Å². The summed E-state index contributed by atoms with van der Waals surface area (Å²) in [6.45, 7) is 7.52. The molecule has 0 aromatic carbocycles. The number of aliphatic imine (C=N–C) groups is 1. The molecular weight excluding hydrogens is 360 g/mol. The Morgan fingerprint density at radius 2 is 2.21 bits per heavy atom. The van der Waals surface area contributed by atoms with Gasteiger partial charge >= 0.3 is 6.09 Å². The summed E-state index contributed by atoms with van der Waals surface area (Å²) in [5, 5.41) is 9.63. The largest absolute Gasteiger partial charge is 0.486 e. The molecule has 0 bridgehead atoms. The second-order valence-electron chi connectivity index (χ2n) is 8.08. The summed E-state index contributed by atoms with van der Waals surface area (Å²) >= 11 is 0. The number of hydrogen-bond donors (Lipinski definition) is 0. The molecule has 9 nitrogen and oxygen atoms in total. The molecule has 9 heteroatoms. The van der Waals surface area contributed by atoms with E-state index in [4.69, 9.17) is 9.47 Å². The standard InChI is InChI=1S/C19H26N6O3/c1-19(2,3)28-18(26)24-6-7-25-13(10-24)11-27-16-14(8-20)15(9-21-17(16)25)22-12-23(4)5/h9,12-13H,6-7,10-11H2,1-5H3/b22-12+/t13-/m1/s1. The lowest BCUT2D eigenvalue weighted by Crippen LogP contribution is -2.59. The number of carbonyl (C=O) groups excluding carboxylic acids is 1. The third kappa shape index (κ3) is 4.11. The summed E-state index contributed by atoms with van der Waals surface area (Å²) < 4.78 is 11.4. The molecule has 150 valence electrons. The van der Waals surface area contributed by atoms with Crippen LogP contribution in [0.25, 0.3) is 0 Å². The summed E-state index contributed by atoms with van der Waals surface area (Å²) in [7, 11) is 3.71. The first-order valence-electron chi connectivity index (χ1n) is 9.20. The normalized spacial score (nSPS) is 18.8. The van der Waals surface area contributed by atoms with Gasteiger partial charge in [0.05, 0.1) is 18.6 Å². The number of rotatable bonds is 2. The number of hydrogen-bond acceptors (Lipinski definition) is 7. The lowest BCUT2D eigenvalue weighted by molar-refractivity contribution is 0.0194. The number of fused-ring (bicyclic) bond motifs is 3. The summed E-state index contributed by atoms with van der Waals surface area (Å²) in [5.74, 6) is 1.08. The van der Waals surface area contributed by atoms with Gasteiger partial charge in [0.2, 0.25) is 0 Å². The van der Waals surface area contributed by atoms with E-state index < -0.39 is 5.60 Å². The van der Waals surface area contributed by atoms with E-state index in [0.29, 0.717) is 49.1 Å². The quantitative estimate of drug-likeness (QED) is 0.567. The van der Waals surface area contributed by atoms with Crippen molar-refractivity contribution < 1.29 is 14.3 Å². The number of amides is 1. The Balaban J connectivity index is 1.81. The van der Waals surface area contributed by atoms with E-state index in [9.17, 15) is 10.1 Å². The molecule has 3 heterocycles. The van der Waals surface area contributed by atoms with E-state index in [1.165, 1.54) is 0 Å². The highest BCUT2D eigenvalue weighted by Crippen LogP contribution is 2.40. The Labute approximate surface area is 165 Å². The van der Waals surface area contributed by atoms with E-state index in [1.807, 2.05) is 34.9 Å². The van der Waals surface area contributed by atoms with Gasteiger partial charge in [0.1, 0.15) is 29.5 Å². The van der Waals surface area contributed by atoms with E-state index in [1.54, 1.807) is 22.3 Å². The Kier molecular flexibility index (Phi) is 5.31. The predicted octanol–water partition coefficient (Wildman–Crippen LogP) is 1.99. The summed E-state index contributed by atoms with van der Waals surface area (Å²) in [6, 6.07) is 2.15. The molecule has 28 heavy (non-hydrogen) atoms. The van der Waals surface area contributed by atoms with Gasteiger partial charge in [-0.15, -0.1) is 0 Å². The first-order chi connectivity index (χ1) is 13.2. The van der Waals surface area contributed by atoms with Gasteiger partial charge in [0.25, 0.3) is 0 Å². The van der Waals surface area contributed by atoms with Crippen molar-refractivity contribution in [3.8, 4) is 11.8 Å². The highest BCUT2D eigenvalue weighted by molar-refractivity contribution is 5.74. The van der Waals surface area contributed by atoms with Crippen LogP contribution in [-0.2, 0) is 4.74 Å². The Bertz CT molecular complexity index is 824. The van der Waals surface area contributed by atoms with Crippen LogP contribution in [-0.4, -0.2) is 79.2 Å². The topological polar surface area (TPSA) is 94.3 Å². The summed E-state index contributed by atoms with van der Waals surface area (Å²) in [5.41, 5.74) is 0.313. The lowest BCUT2D eigenvalue weighted by atomic mass is 10.1. The molecule has 0 aliphatic carbocycles. The SMILES string of the molecule is CN(C)/C=N/c1cnc2c(c1C#N)OC[C@H]1CN(C(=O)OC(C)(C)C)CCN21.